The predicted molar refractivity (Wildman–Crippen MR) is 68.7 cm³/mol. The maximum absolute atomic E-state index is 12.3. The Labute approximate surface area is 105 Å². The van der Waals surface area contributed by atoms with Gasteiger partial charge >= 0.3 is 0 Å². The van der Waals surface area contributed by atoms with Crippen LogP contribution < -0.4 is 10.0 Å². The highest BCUT2D eigenvalue weighted by Gasteiger charge is 2.25. The minimum Gasteiger partial charge on any atom is -0.313 e. The summed E-state index contributed by atoms with van der Waals surface area (Å²) in [5.41, 5.74) is 0.687. The van der Waals surface area contributed by atoms with Gasteiger partial charge in [-0.3, -0.25) is 4.98 Å². The molecule has 0 bridgehead atoms. The van der Waals surface area contributed by atoms with E-state index in [0.29, 0.717) is 28.9 Å². The fourth-order valence-corrected chi connectivity index (χ4v) is 3.42. The summed E-state index contributed by atoms with van der Waals surface area (Å²) >= 11 is 0. The van der Waals surface area contributed by atoms with Gasteiger partial charge in [0.25, 0.3) is 0 Å². The molecule has 18 heavy (non-hydrogen) atoms. The lowest BCUT2D eigenvalue weighted by Gasteiger charge is -2.27. The van der Waals surface area contributed by atoms with E-state index in [1.54, 1.807) is 36.5 Å². The van der Waals surface area contributed by atoms with Crippen molar-refractivity contribution < 1.29 is 8.42 Å². The number of aromatic nitrogens is 1. The van der Waals surface area contributed by atoms with Gasteiger partial charge in [-0.25, -0.2) is 13.1 Å². The van der Waals surface area contributed by atoms with Crippen molar-refractivity contribution in [1.82, 2.24) is 15.0 Å². The second kappa shape index (κ2) is 4.31. The Bertz CT molecular complexity index is 675. The van der Waals surface area contributed by atoms with Crippen LogP contribution in [-0.2, 0) is 10.0 Å². The zero-order valence-electron chi connectivity index (χ0n) is 9.63. The van der Waals surface area contributed by atoms with Gasteiger partial charge in [0.05, 0.1) is 10.4 Å². The average Bonchev–Trinajstić information content (AvgIpc) is 2.33. The number of rotatable bonds is 3. The minimum atomic E-state index is -3.48. The summed E-state index contributed by atoms with van der Waals surface area (Å²) in [5.74, 6) is 0. The monoisotopic (exact) mass is 263 g/mol. The standard InChI is InChI=1S/C12H13N3O2S/c16-18(17,15-9-7-13-8-9)12-5-1-4-11-10(12)3-2-6-14-11/h1-6,9,13,15H,7-8H2. The van der Waals surface area contributed by atoms with E-state index in [1.807, 2.05) is 0 Å². The van der Waals surface area contributed by atoms with Gasteiger partial charge in [0, 0.05) is 30.7 Å². The molecule has 2 aromatic rings. The van der Waals surface area contributed by atoms with Crippen LogP contribution in [-0.4, -0.2) is 32.5 Å². The quantitative estimate of drug-likeness (QED) is 0.845. The van der Waals surface area contributed by atoms with Gasteiger partial charge < -0.3 is 5.32 Å². The molecule has 5 nitrogen and oxygen atoms in total. The lowest BCUT2D eigenvalue weighted by atomic mass is 10.2. The van der Waals surface area contributed by atoms with Gasteiger partial charge in [0.15, 0.2) is 0 Å². The summed E-state index contributed by atoms with van der Waals surface area (Å²) in [6, 6.07) is 8.63. The first-order valence-corrected chi connectivity index (χ1v) is 7.22. The number of nitrogens with zero attached hydrogens (tertiary/aromatic N) is 1. The summed E-state index contributed by atoms with van der Waals surface area (Å²) < 4.78 is 27.2. The third-order valence-corrected chi connectivity index (χ3v) is 4.58. The molecule has 0 unspecified atom stereocenters. The van der Waals surface area contributed by atoms with E-state index in [1.165, 1.54) is 0 Å². The molecule has 1 aliphatic heterocycles. The van der Waals surface area contributed by atoms with Crippen LogP contribution in [0.3, 0.4) is 0 Å². The highest BCUT2D eigenvalue weighted by molar-refractivity contribution is 7.89. The van der Waals surface area contributed by atoms with Gasteiger partial charge in [0.2, 0.25) is 10.0 Å². The molecular formula is C12H13N3O2S. The molecule has 0 saturated carbocycles. The predicted octanol–water partition coefficient (Wildman–Crippen LogP) is 0.485. The first kappa shape index (κ1) is 11.6. The minimum absolute atomic E-state index is 0.0121. The smallest absolute Gasteiger partial charge is 0.241 e. The summed E-state index contributed by atoms with van der Waals surface area (Å²) in [6.45, 7) is 1.37. The molecule has 1 aliphatic rings. The topological polar surface area (TPSA) is 71.1 Å². The van der Waals surface area contributed by atoms with Crippen molar-refractivity contribution in [2.45, 2.75) is 10.9 Å². The van der Waals surface area contributed by atoms with Gasteiger partial charge in [-0.05, 0) is 24.3 Å². The molecule has 2 heterocycles. The SMILES string of the molecule is O=S(=O)(NC1CNC1)c1cccc2ncccc12. The van der Waals surface area contributed by atoms with E-state index in [2.05, 4.69) is 15.0 Å². The van der Waals surface area contributed by atoms with Crippen molar-refractivity contribution in [1.29, 1.82) is 0 Å². The summed E-state index contributed by atoms with van der Waals surface area (Å²) in [5, 5.41) is 3.69. The molecular weight excluding hydrogens is 250 g/mol. The first-order chi connectivity index (χ1) is 8.67. The lowest BCUT2D eigenvalue weighted by Crippen LogP contribution is -2.56. The maximum atomic E-state index is 12.3. The van der Waals surface area contributed by atoms with Gasteiger partial charge in [-0.2, -0.15) is 0 Å². The lowest BCUT2D eigenvalue weighted by molar-refractivity contribution is 0.410. The Morgan fingerprint density at radius 2 is 2.06 bits per heavy atom. The number of nitrogens with one attached hydrogen (secondary N) is 2. The van der Waals surface area contributed by atoms with Crippen LogP contribution in [0.25, 0.3) is 10.9 Å². The van der Waals surface area contributed by atoms with E-state index < -0.39 is 10.0 Å². The van der Waals surface area contributed by atoms with Crippen LogP contribution in [0.2, 0.25) is 0 Å². The Morgan fingerprint density at radius 1 is 1.22 bits per heavy atom. The molecule has 1 aromatic carbocycles. The molecule has 0 radical (unpaired) electrons. The van der Waals surface area contributed by atoms with Crippen molar-refractivity contribution in [3.63, 3.8) is 0 Å². The third-order valence-electron chi connectivity index (χ3n) is 3.00. The third kappa shape index (κ3) is 1.98. The molecule has 1 aromatic heterocycles. The number of benzene rings is 1. The normalized spacial score (nSPS) is 16.7. The molecule has 0 spiro atoms. The van der Waals surface area contributed by atoms with E-state index in [-0.39, 0.29) is 6.04 Å². The van der Waals surface area contributed by atoms with Crippen LogP contribution >= 0.6 is 0 Å². The average molecular weight is 263 g/mol. The van der Waals surface area contributed by atoms with Crippen molar-refractivity contribution >= 4 is 20.9 Å². The van der Waals surface area contributed by atoms with Crippen LogP contribution in [0.1, 0.15) is 0 Å². The van der Waals surface area contributed by atoms with Crippen LogP contribution in [0.4, 0.5) is 0 Å². The van der Waals surface area contributed by atoms with E-state index in [0.717, 1.165) is 0 Å². The van der Waals surface area contributed by atoms with E-state index in [4.69, 9.17) is 0 Å². The largest absolute Gasteiger partial charge is 0.313 e. The van der Waals surface area contributed by atoms with Crippen LogP contribution in [0.15, 0.2) is 41.4 Å². The molecule has 94 valence electrons. The molecule has 6 heteroatoms. The molecule has 1 saturated heterocycles. The fraction of sp³-hybridized carbons (Fsp3) is 0.250. The summed E-state index contributed by atoms with van der Waals surface area (Å²) in [4.78, 5) is 4.46. The Hall–Kier alpha value is -1.50. The Balaban J connectivity index is 2.07. The van der Waals surface area contributed by atoms with Crippen molar-refractivity contribution in [3.05, 3.63) is 36.5 Å². The molecule has 0 aliphatic carbocycles. The Morgan fingerprint density at radius 3 is 2.78 bits per heavy atom. The van der Waals surface area contributed by atoms with Crippen molar-refractivity contribution in [2.75, 3.05) is 13.1 Å². The summed E-state index contributed by atoms with van der Waals surface area (Å²) in [7, 11) is -3.48. The summed E-state index contributed by atoms with van der Waals surface area (Å²) in [6.07, 6.45) is 1.65. The highest BCUT2D eigenvalue weighted by Crippen LogP contribution is 2.21. The number of pyridine rings is 1. The zero-order valence-corrected chi connectivity index (χ0v) is 10.4. The second-order valence-corrected chi connectivity index (χ2v) is 5.99. The molecule has 0 atom stereocenters. The van der Waals surface area contributed by atoms with Crippen LogP contribution in [0, 0.1) is 0 Å². The van der Waals surface area contributed by atoms with Crippen LogP contribution in [0.5, 0.6) is 0 Å². The molecule has 0 amide bonds. The number of fused-ring (bicyclic) bond motifs is 1. The Kier molecular flexibility index (Phi) is 2.77. The maximum Gasteiger partial charge on any atom is 0.241 e. The second-order valence-electron chi connectivity index (χ2n) is 4.30. The zero-order chi connectivity index (χ0) is 12.6. The first-order valence-electron chi connectivity index (χ1n) is 5.74. The van der Waals surface area contributed by atoms with E-state index in [9.17, 15) is 8.42 Å². The van der Waals surface area contributed by atoms with Crippen molar-refractivity contribution in [2.24, 2.45) is 0 Å². The highest BCUT2D eigenvalue weighted by atomic mass is 32.2. The van der Waals surface area contributed by atoms with Crippen molar-refractivity contribution in [3.8, 4) is 0 Å². The van der Waals surface area contributed by atoms with Gasteiger partial charge in [0.1, 0.15) is 0 Å². The molecule has 2 N–H and O–H groups in total. The number of hydrogen-bond donors (Lipinski definition) is 2. The molecule has 3 rings (SSSR count). The fourth-order valence-electron chi connectivity index (χ4n) is 1.96. The van der Waals surface area contributed by atoms with E-state index >= 15 is 0 Å². The van der Waals surface area contributed by atoms with Gasteiger partial charge in [-0.1, -0.05) is 6.07 Å². The van der Waals surface area contributed by atoms with Gasteiger partial charge in [-0.15, -0.1) is 0 Å². The molecule has 1 fully saturated rings. The number of sulfonamides is 1. The number of hydrogen-bond acceptors (Lipinski definition) is 4.